The average Bonchev–Trinajstić information content (AvgIpc) is 2.67. The number of aryl methyl sites for hydroxylation is 1. The van der Waals surface area contributed by atoms with Gasteiger partial charge in [-0.3, -0.25) is 4.98 Å². The lowest BCUT2D eigenvalue weighted by Gasteiger charge is -2.01. The molecule has 84 valence electrons. The Morgan fingerprint density at radius 3 is 2.88 bits per heavy atom. The number of pyridine rings is 1. The standard InChI is InChI=1S/C11H12BrN3S/c1-8-7-16-11(15-8)6-13-5-10-3-2-9(12)4-14-10/h2-4,7,13H,5-6H2,1H3. The maximum absolute atomic E-state index is 4.38. The molecule has 2 aromatic heterocycles. The van der Waals surface area contributed by atoms with Gasteiger partial charge in [-0.1, -0.05) is 0 Å². The van der Waals surface area contributed by atoms with Crippen LogP contribution in [0.1, 0.15) is 16.4 Å². The first-order chi connectivity index (χ1) is 7.74. The summed E-state index contributed by atoms with van der Waals surface area (Å²) in [5.74, 6) is 0. The highest BCUT2D eigenvalue weighted by Gasteiger charge is 1.98. The normalized spacial score (nSPS) is 10.6. The quantitative estimate of drug-likeness (QED) is 0.943. The highest BCUT2D eigenvalue weighted by Crippen LogP contribution is 2.09. The number of hydrogen-bond acceptors (Lipinski definition) is 4. The van der Waals surface area contributed by atoms with Gasteiger partial charge in [-0.15, -0.1) is 11.3 Å². The first-order valence-electron chi connectivity index (χ1n) is 4.96. The van der Waals surface area contributed by atoms with Crippen molar-refractivity contribution in [2.24, 2.45) is 0 Å². The van der Waals surface area contributed by atoms with Crippen LogP contribution in [0, 0.1) is 6.92 Å². The second-order valence-electron chi connectivity index (χ2n) is 3.45. The third kappa shape index (κ3) is 3.37. The average molecular weight is 298 g/mol. The van der Waals surface area contributed by atoms with Gasteiger partial charge in [-0.2, -0.15) is 0 Å². The Morgan fingerprint density at radius 2 is 2.25 bits per heavy atom. The molecule has 0 saturated carbocycles. The van der Waals surface area contributed by atoms with Gasteiger partial charge in [0.1, 0.15) is 5.01 Å². The van der Waals surface area contributed by atoms with E-state index in [0.29, 0.717) is 0 Å². The maximum atomic E-state index is 4.38. The number of thiazole rings is 1. The van der Waals surface area contributed by atoms with Crippen molar-refractivity contribution in [3.63, 3.8) is 0 Å². The summed E-state index contributed by atoms with van der Waals surface area (Å²) in [6.45, 7) is 3.58. The monoisotopic (exact) mass is 297 g/mol. The molecule has 0 spiro atoms. The van der Waals surface area contributed by atoms with Gasteiger partial charge in [0, 0.05) is 34.8 Å². The van der Waals surface area contributed by atoms with Crippen LogP contribution < -0.4 is 5.32 Å². The van der Waals surface area contributed by atoms with Crippen LogP contribution in [-0.4, -0.2) is 9.97 Å². The van der Waals surface area contributed by atoms with Gasteiger partial charge >= 0.3 is 0 Å². The molecule has 3 nitrogen and oxygen atoms in total. The molecular weight excluding hydrogens is 286 g/mol. The van der Waals surface area contributed by atoms with E-state index in [1.165, 1.54) is 0 Å². The fourth-order valence-electron chi connectivity index (χ4n) is 1.29. The second kappa shape index (κ2) is 5.52. The number of aromatic nitrogens is 2. The molecule has 0 amide bonds. The summed E-state index contributed by atoms with van der Waals surface area (Å²) in [7, 11) is 0. The second-order valence-corrected chi connectivity index (χ2v) is 5.31. The topological polar surface area (TPSA) is 37.8 Å². The molecule has 2 heterocycles. The minimum absolute atomic E-state index is 0.770. The number of nitrogens with one attached hydrogen (secondary N) is 1. The maximum Gasteiger partial charge on any atom is 0.107 e. The summed E-state index contributed by atoms with van der Waals surface area (Å²) in [5.41, 5.74) is 2.13. The Labute approximate surface area is 107 Å². The Morgan fingerprint density at radius 1 is 1.38 bits per heavy atom. The van der Waals surface area contributed by atoms with Crippen LogP contribution in [0.5, 0.6) is 0 Å². The van der Waals surface area contributed by atoms with Gasteiger partial charge in [0.05, 0.1) is 5.69 Å². The SMILES string of the molecule is Cc1csc(CNCc2ccc(Br)cn2)n1. The van der Waals surface area contributed by atoms with Gasteiger partial charge in [-0.25, -0.2) is 4.98 Å². The smallest absolute Gasteiger partial charge is 0.107 e. The first-order valence-corrected chi connectivity index (χ1v) is 6.63. The van der Waals surface area contributed by atoms with E-state index in [0.717, 1.165) is 34.0 Å². The molecule has 1 N–H and O–H groups in total. The molecule has 0 aliphatic heterocycles. The van der Waals surface area contributed by atoms with Gasteiger partial charge in [0.25, 0.3) is 0 Å². The lowest BCUT2D eigenvalue weighted by atomic mass is 10.3. The van der Waals surface area contributed by atoms with Crippen molar-refractivity contribution >= 4 is 27.3 Å². The van der Waals surface area contributed by atoms with Crippen LogP contribution in [0.15, 0.2) is 28.2 Å². The Hall–Kier alpha value is -0.780. The molecule has 2 rings (SSSR count). The zero-order valence-electron chi connectivity index (χ0n) is 8.90. The largest absolute Gasteiger partial charge is 0.305 e. The molecule has 2 aromatic rings. The van der Waals surface area contributed by atoms with E-state index < -0.39 is 0 Å². The van der Waals surface area contributed by atoms with E-state index in [4.69, 9.17) is 0 Å². The third-order valence-electron chi connectivity index (χ3n) is 2.04. The van der Waals surface area contributed by atoms with Crippen molar-refractivity contribution in [3.05, 3.63) is 44.6 Å². The number of rotatable bonds is 4. The van der Waals surface area contributed by atoms with Crippen molar-refractivity contribution in [1.82, 2.24) is 15.3 Å². The molecule has 0 atom stereocenters. The van der Waals surface area contributed by atoms with Crippen molar-refractivity contribution in [1.29, 1.82) is 0 Å². The Kier molecular flexibility index (Phi) is 4.04. The molecule has 0 aromatic carbocycles. The van der Waals surface area contributed by atoms with E-state index >= 15 is 0 Å². The van der Waals surface area contributed by atoms with Crippen LogP contribution in [0.25, 0.3) is 0 Å². The predicted octanol–water partition coefficient (Wildman–Crippen LogP) is 2.90. The molecular formula is C11H12BrN3S. The first kappa shape index (κ1) is 11.7. The van der Waals surface area contributed by atoms with Crippen molar-refractivity contribution in [2.45, 2.75) is 20.0 Å². The Balaban J connectivity index is 1.82. The molecule has 0 radical (unpaired) electrons. The zero-order valence-corrected chi connectivity index (χ0v) is 11.3. The Bertz CT molecular complexity index is 453. The van der Waals surface area contributed by atoms with E-state index in [-0.39, 0.29) is 0 Å². The van der Waals surface area contributed by atoms with E-state index in [9.17, 15) is 0 Å². The number of nitrogens with zero attached hydrogens (tertiary/aromatic N) is 2. The van der Waals surface area contributed by atoms with Gasteiger partial charge in [-0.05, 0) is 35.0 Å². The van der Waals surface area contributed by atoms with Crippen molar-refractivity contribution in [3.8, 4) is 0 Å². The molecule has 0 aliphatic carbocycles. The fraction of sp³-hybridized carbons (Fsp3) is 0.273. The zero-order chi connectivity index (χ0) is 11.4. The molecule has 0 saturated heterocycles. The molecule has 0 fully saturated rings. The van der Waals surface area contributed by atoms with Crippen LogP contribution in [-0.2, 0) is 13.1 Å². The fourth-order valence-corrected chi connectivity index (χ4v) is 2.27. The predicted molar refractivity (Wildman–Crippen MR) is 69.3 cm³/mol. The lowest BCUT2D eigenvalue weighted by Crippen LogP contribution is -2.13. The summed E-state index contributed by atoms with van der Waals surface area (Å²) in [5, 5.41) is 6.51. The summed E-state index contributed by atoms with van der Waals surface area (Å²) in [6, 6.07) is 4.00. The van der Waals surface area contributed by atoms with Crippen LogP contribution >= 0.6 is 27.3 Å². The minimum Gasteiger partial charge on any atom is -0.305 e. The summed E-state index contributed by atoms with van der Waals surface area (Å²) < 4.78 is 1.01. The van der Waals surface area contributed by atoms with E-state index in [1.54, 1.807) is 11.3 Å². The van der Waals surface area contributed by atoms with Crippen LogP contribution in [0.4, 0.5) is 0 Å². The summed E-state index contributed by atoms with van der Waals surface area (Å²) >= 11 is 5.05. The van der Waals surface area contributed by atoms with E-state index in [2.05, 4.69) is 36.6 Å². The van der Waals surface area contributed by atoms with Gasteiger partial charge < -0.3 is 5.32 Å². The van der Waals surface area contributed by atoms with Crippen LogP contribution in [0.3, 0.4) is 0 Å². The summed E-state index contributed by atoms with van der Waals surface area (Å²) in [6.07, 6.45) is 1.81. The van der Waals surface area contributed by atoms with Crippen LogP contribution in [0.2, 0.25) is 0 Å². The van der Waals surface area contributed by atoms with Gasteiger partial charge in [0.2, 0.25) is 0 Å². The van der Waals surface area contributed by atoms with Crippen molar-refractivity contribution in [2.75, 3.05) is 0 Å². The van der Waals surface area contributed by atoms with E-state index in [1.807, 2.05) is 25.3 Å². The minimum atomic E-state index is 0.770. The molecule has 0 aliphatic rings. The van der Waals surface area contributed by atoms with Crippen molar-refractivity contribution < 1.29 is 0 Å². The lowest BCUT2D eigenvalue weighted by molar-refractivity contribution is 0.675. The number of hydrogen-bond donors (Lipinski definition) is 1. The highest BCUT2D eigenvalue weighted by molar-refractivity contribution is 9.10. The third-order valence-corrected chi connectivity index (χ3v) is 3.47. The number of halogens is 1. The highest BCUT2D eigenvalue weighted by atomic mass is 79.9. The molecule has 0 bridgehead atoms. The molecule has 0 unspecified atom stereocenters. The molecule has 5 heteroatoms. The van der Waals surface area contributed by atoms with Gasteiger partial charge in [0.15, 0.2) is 0 Å². The summed E-state index contributed by atoms with van der Waals surface area (Å²) in [4.78, 5) is 8.67. The molecule has 16 heavy (non-hydrogen) atoms.